The summed E-state index contributed by atoms with van der Waals surface area (Å²) in [7, 11) is 1.97. The number of fused-ring (bicyclic) bond motifs is 1. The summed E-state index contributed by atoms with van der Waals surface area (Å²) in [4.78, 5) is 12.7. The molecule has 0 saturated heterocycles. The maximum absolute atomic E-state index is 10.6. The van der Waals surface area contributed by atoms with E-state index in [0.717, 1.165) is 15.9 Å². The van der Waals surface area contributed by atoms with E-state index in [9.17, 15) is 4.79 Å². The summed E-state index contributed by atoms with van der Waals surface area (Å²) in [6.45, 7) is 0.535. The molecule has 1 aliphatic heterocycles. The van der Waals surface area contributed by atoms with Gasteiger partial charge < -0.3 is 14.7 Å². The molecule has 2 rings (SSSR count). The highest BCUT2D eigenvalue weighted by Gasteiger charge is 2.25. The minimum Gasteiger partial charge on any atom is -0.489 e. The van der Waals surface area contributed by atoms with Gasteiger partial charge in [0, 0.05) is 17.9 Å². The van der Waals surface area contributed by atoms with Crippen LogP contribution in [0.1, 0.15) is 12.8 Å². The first-order valence-corrected chi connectivity index (χ1v) is 6.24. The summed E-state index contributed by atoms with van der Waals surface area (Å²) in [6.07, 6.45) is 0.769. The van der Waals surface area contributed by atoms with Crippen molar-refractivity contribution in [1.29, 1.82) is 0 Å². The van der Waals surface area contributed by atoms with Gasteiger partial charge in [-0.2, -0.15) is 0 Å². The van der Waals surface area contributed by atoms with Gasteiger partial charge in [0.25, 0.3) is 0 Å². The zero-order valence-electron chi connectivity index (χ0n) is 9.52. The molecule has 0 spiro atoms. The molecule has 1 aromatic carbocycles. The molecule has 4 nitrogen and oxygen atoms in total. The Morgan fingerprint density at radius 2 is 2.41 bits per heavy atom. The molecule has 1 aromatic rings. The van der Waals surface area contributed by atoms with Gasteiger partial charge in [-0.3, -0.25) is 4.79 Å². The molecular weight excluding hydrogens is 286 g/mol. The highest BCUT2D eigenvalue weighted by Crippen LogP contribution is 2.35. The van der Waals surface area contributed by atoms with Gasteiger partial charge in [0.05, 0.1) is 11.7 Å². The van der Waals surface area contributed by atoms with Crippen molar-refractivity contribution in [3.63, 3.8) is 0 Å². The molecule has 1 aliphatic rings. The molecule has 0 bridgehead atoms. The van der Waals surface area contributed by atoms with E-state index in [1.807, 2.05) is 25.2 Å². The predicted octanol–water partition coefficient (Wildman–Crippen LogP) is 2.51. The van der Waals surface area contributed by atoms with Crippen molar-refractivity contribution in [2.75, 3.05) is 18.6 Å². The van der Waals surface area contributed by atoms with E-state index < -0.39 is 5.97 Å². The van der Waals surface area contributed by atoms with Gasteiger partial charge in [-0.05, 0) is 24.6 Å². The van der Waals surface area contributed by atoms with Crippen molar-refractivity contribution < 1.29 is 14.6 Å². The number of rotatable bonds is 3. The van der Waals surface area contributed by atoms with Gasteiger partial charge >= 0.3 is 5.97 Å². The minimum atomic E-state index is -0.764. The molecule has 1 N–H and O–H groups in total. The Balaban J connectivity index is 2.12. The Labute approximate surface area is 108 Å². The van der Waals surface area contributed by atoms with E-state index in [4.69, 9.17) is 9.84 Å². The number of hydrogen-bond acceptors (Lipinski definition) is 3. The number of aliphatic carboxylic acids is 1. The van der Waals surface area contributed by atoms with Crippen LogP contribution in [0.3, 0.4) is 0 Å². The summed E-state index contributed by atoms with van der Waals surface area (Å²) < 4.78 is 6.64. The number of anilines is 1. The fourth-order valence-corrected chi connectivity index (χ4v) is 2.30. The van der Waals surface area contributed by atoms with Crippen molar-refractivity contribution in [1.82, 2.24) is 0 Å². The lowest BCUT2D eigenvalue weighted by Gasteiger charge is -2.35. The van der Waals surface area contributed by atoms with Crippen LogP contribution in [0.4, 0.5) is 5.69 Å². The van der Waals surface area contributed by atoms with Crippen molar-refractivity contribution >= 4 is 27.6 Å². The SMILES string of the molecule is CN1c2ccc(Br)cc2OCC1CCC(=O)O. The summed E-state index contributed by atoms with van der Waals surface area (Å²) in [5, 5.41) is 8.70. The van der Waals surface area contributed by atoms with Crippen LogP contribution in [-0.2, 0) is 4.79 Å². The maximum Gasteiger partial charge on any atom is 0.303 e. The third kappa shape index (κ3) is 2.72. The lowest BCUT2D eigenvalue weighted by Crippen LogP contribution is -2.40. The highest BCUT2D eigenvalue weighted by molar-refractivity contribution is 9.10. The van der Waals surface area contributed by atoms with Crippen molar-refractivity contribution in [2.45, 2.75) is 18.9 Å². The van der Waals surface area contributed by atoms with Crippen LogP contribution >= 0.6 is 15.9 Å². The third-order valence-corrected chi connectivity index (χ3v) is 3.47. The number of carboxylic acid groups (broad SMARTS) is 1. The number of carboxylic acids is 1. The number of hydrogen-bond donors (Lipinski definition) is 1. The molecule has 1 heterocycles. The van der Waals surface area contributed by atoms with Crippen LogP contribution in [0, 0.1) is 0 Å². The average molecular weight is 300 g/mol. The second-order valence-electron chi connectivity index (χ2n) is 4.12. The van der Waals surface area contributed by atoms with Crippen molar-refractivity contribution in [3.05, 3.63) is 22.7 Å². The first-order valence-electron chi connectivity index (χ1n) is 5.45. The van der Waals surface area contributed by atoms with Crippen LogP contribution in [-0.4, -0.2) is 30.8 Å². The molecule has 92 valence electrons. The topological polar surface area (TPSA) is 49.8 Å². The Bertz CT molecular complexity index is 436. The monoisotopic (exact) mass is 299 g/mol. The summed E-state index contributed by atoms with van der Waals surface area (Å²) >= 11 is 3.40. The Hall–Kier alpha value is -1.23. The lowest BCUT2D eigenvalue weighted by atomic mass is 10.1. The van der Waals surface area contributed by atoms with Crippen LogP contribution in [0.5, 0.6) is 5.75 Å². The first-order chi connectivity index (χ1) is 8.08. The van der Waals surface area contributed by atoms with E-state index in [2.05, 4.69) is 20.8 Å². The molecule has 0 aromatic heterocycles. The number of nitrogens with zero attached hydrogens (tertiary/aromatic N) is 1. The zero-order valence-corrected chi connectivity index (χ0v) is 11.1. The maximum atomic E-state index is 10.6. The number of carbonyl (C=O) groups is 1. The van der Waals surface area contributed by atoms with Gasteiger partial charge in [0.15, 0.2) is 0 Å². The summed E-state index contributed by atoms with van der Waals surface area (Å²) in [5.41, 5.74) is 1.01. The molecular formula is C12H14BrNO3. The fourth-order valence-electron chi connectivity index (χ4n) is 1.96. The molecule has 1 unspecified atom stereocenters. The van der Waals surface area contributed by atoms with Gasteiger partial charge in [-0.1, -0.05) is 15.9 Å². The third-order valence-electron chi connectivity index (χ3n) is 2.97. The van der Waals surface area contributed by atoms with E-state index >= 15 is 0 Å². The largest absolute Gasteiger partial charge is 0.489 e. The average Bonchev–Trinajstić information content (AvgIpc) is 2.27. The standard InChI is InChI=1S/C12H14BrNO3/c1-14-9(3-5-12(15)16)7-17-11-6-8(13)2-4-10(11)14/h2,4,6,9H,3,5,7H2,1H3,(H,15,16). The van der Waals surface area contributed by atoms with E-state index in [0.29, 0.717) is 13.0 Å². The molecule has 1 atom stereocenters. The van der Waals surface area contributed by atoms with Crippen LogP contribution in [0.25, 0.3) is 0 Å². The minimum absolute atomic E-state index is 0.125. The molecule has 0 aliphatic carbocycles. The number of halogens is 1. The molecule has 5 heteroatoms. The van der Waals surface area contributed by atoms with Gasteiger partial charge in [-0.15, -0.1) is 0 Å². The molecule has 0 amide bonds. The van der Waals surface area contributed by atoms with E-state index in [1.54, 1.807) is 0 Å². The van der Waals surface area contributed by atoms with Gasteiger partial charge in [0.2, 0.25) is 0 Å². The zero-order chi connectivity index (χ0) is 12.4. The normalized spacial score (nSPS) is 18.5. The second kappa shape index (κ2) is 4.96. The van der Waals surface area contributed by atoms with Gasteiger partial charge in [0.1, 0.15) is 12.4 Å². The van der Waals surface area contributed by atoms with E-state index in [-0.39, 0.29) is 12.5 Å². The Morgan fingerprint density at radius 3 is 3.12 bits per heavy atom. The van der Waals surface area contributed by atoms with Crippen LogP contribution in [0.2, 0.25) is 0 Å². The number of ether oxygens (including phenoxy) is 1. The number of benzene rings is 1. The second-order valence-corrected chi connectivity index (χ2v) is 5.04. The smallest absolute Gasteiger partial charge is 0.303 e. The molecule has 17 heavy (non-hydrogen) atoms. The van der Waals surface area contributed by atoms with E-state index in [1.165, 1.54) is 0 Å². The molecule has 0 saturated carbocycles. The van der Waals surface area contributed by atoms with Crippen LogP contribution < -0.4 is 9.64 Å². The fraction of sp³-hybridized carbons (Fsp3) is 0.417. The number of likely N-dealkylation sites (N-methyl/N-ethyl adjacent to an activating group) is 1. The summed E-state index contributed by atoms with van der Waals surface area (Å²) in [5.74, 6) is 0.0773. The first kappa shape index (κ1) is 12.2. The predicted molar refractivity (Wildman–Crippen MR) is 68.7 cm³/mol. The molecule has 0 radical (unpaired) electrons. The van der Waals surface area contributed by atoms with Crippen molar-refractivity contribution in [3.8, 4) is 5.75 Å². The van der Waals surface area contributed by atoms with Gasteiger partial charge in [-0.25, -0.2) is 0 Å². The highest BCUT2D eigenvalue weighted by atomic mass is 79.9. The quantitative estimate of drug-likeness (QED) is 0.932. The van der Waals surface area contributed by atoms with Crippen molar-refractivity contribution in [2.24, 2.45) is 0 Å². The Kier molecular flexibility index (Phi) is 3.57. The summed E-state index contributed by atoms with van der Waals surface area (Å²) in [6, 6.07) is 5.99. The Morgan fingerprint density at radius 1 is 1.65 bits per heavy atom. The lowest BCUT2D eigenvalue weighted by molar-refractivity contribution is -0.137. The molecule has 0 fully saturated rings. The van der Waals surface area contributed by atoms with Crippen LogP contribution in [0.15, 0.2) is 22.7 Å².